The maximum Gasteiger partial charge on any atom is 0.190 e. The van der Waals surface area contributed by atoms with Crippen molar-refractivity contribution in [3.8, 4) is 5.75 Å². The average Bonchev–Trinajstić information content (AvgIpc) is 2.92. The fourth-order valence-electron chi connectivity index (χ4n) is 1.85. The molecular formula is C15H19F2N3O. The number of aromatic nitrogens is 2. The van der Waals surface area contributed by atoms with E-state index in [9.17, 15) is 8.78 Å². The van der Waals surface area contributed by atoms with Crippen LogP contribution in [-0.2, 0) is 13.1 Å². The first kappa shape index (κ1) is 15.4. The lowest BCUT2D eigenvalue weighted by Crippen LogP contribution is -2.22. The van der Waals surface area contributed by atoms with Crippen molar-refractivity contribution in [1.29, 1.82) is 0 Å². The molecule has 0 amide bonds. The molecule has 4 nitrogen and oxygen atoms in total. The number of ether oxygens (including phenoxy) is 1. The third kappa shape index (κ3) is 4.53. The molecule has 0 aliphatic rings. The lowest BCUT2D eigenvalue weighted by Gasteiger charge is -2.12. The van der Waals surface area contributed by atoms with Gasteiger partial charge in [0.2, 0.25) is 0 Å². The highest BCUT2D eigenvalue weighted by Gasteiger charge is 2.12. The molecule has 0 fully saturated rings. The Labute approximate surface area is 122 Å². The van der Waals surface area contributed by atoms with Crippen LogP contribution in [0.25, 0.3) is 0 Å². The van der Waals surface area contributed by atoms with Crippen LogP contribution in [0, 0.1) is 11.6 Å². The highest BCUT2D eigenvalue weighted by Crippen LogP contribution is 2.23. The number of rotatable bonds is 7. The molecule has 0 aliphatic carbocycles. The van der Waals surface area contributed by atoms with Crippen molar-refractivity contribution in [2.75, 3.05) is 6.61 Å². The average molecular weight is 295 g/mol. The van der Waals surface area contributed by atoms with Gasteiger partial charge < -0.3 is 14.6 Å². The van der Waals surface area contributed by atoms with Crippen LogP contribution >= 0.6 is 0 Å². The van der Waals surface area contributed by atoms with Crippen molar-refractivity contribution in [1.82, 2.24) is 14.9 Å². The fourth-order valence-corrected chi connectivity index (χ4v) is 1.85. The Morgan fingerprint density at radius 3 is 2.57 bits per heavy atom. The van der Waals surface area contributed by atoms with E-state index >= 15 is 0 Å². The summed E-state index contributed by atoms with van der Waals surface area (Å²) in [7, 11) is 0. The minimum absolute atomic E-state index is 0.174. The summed E-state index contributed by atoms with van der Waals surface area (Å²) in [4.78, 5) is 3.88. The van der Waals surface area contributed by atoms with Crippen LogP contribution in [0.5, 0.6) is 5.75 Å². The second-order valence-electron chi connectivity index (χ2n) is 5.07. The summed E-state index contributed by atoms with van der Waals surface area (Å²) in [5, 5.41) is 3.11. The lowest BCUT2D eigenvalue weighted by atomic mass is 10.2. The maximum atomic E-state index is 13.9. The molecule has 114 valence electrons. The molecule has 0 saturated carbocycles. The van der Waals surface area contributed by atoms with Gasteiger partial charge in [-0.15, -0.1) is 0 Å². The number of halogens is 2. The van der Waals surface area contributed by atoms with Crippen LogP contribution in [0.3, 0.4) is 0 Å². The van der Waals surface area contributed by atoms with Gasteiger partial charge in [-0.1, -0.05) is 13.8 Å². The molecule has 21 heavy (non-hydrogen) atoms. The number of nitrogens with one attached hydrogen (secondary N) is 1. The molecule has 1 heterocycles. The zero-order valence-corrected chi connectivity index (χ0v) is 12.1. The van der Waals surface area contributed by atoms with E-state index in [2.05, 4.69) is 10.3 Å². The number of benzene rings is 1. The van der Waals surface area contributed by atoms with E-state index in [0.29, 0.717) is 18.7 Å². The van der Waals surface area contributed by atoms with Crippen molar-refractivity contribution in [2.24, 2.45) is 0 Å². The van der Waals surface area contributed by atoms with Gasteiger partial charge in [0.05, 0.1) is 12.9 Å². The van der Waals surface area contributed by atoms with Crippen LogP contribution in [0.2, 0.25) is 0 Å². The normalized spacial score (nSPS) is 11.1. The molecule has 1 N–H and O–H groups in total. The molecule has 2 aromatic rings. The standard InChI is InChI=1S/C15H19F2N3O/c1-11(2)19-9-12-7-13(16)15(14(17)8-12)21-6-5-20-4-3-18-10-20/h3-4,7-8,10-11,19H,5-6,9H2,1-2H3. The van der Waals surface area contributed by atoms with E-state index in [-0.39, 0.29) is 18.4 Å². The van der Waals surface area contributed by atoms with Gasteiger partial charge in [-0.25, -0.2) is 13.8 Å². The Morgan fingerprint density at radius 1 is 1.29 bits per heavy atom. The number of hydrogen-bond donors (Lipinski definition) is 1. The summed E-state index contributed by atoms with van der Waals surface area (Å²) in [6, 6.07) is 2.85. The van der Waals surface area contributed by atoms with Gasteiger partial charge in [0, 0.05) is 25.0 Å². The Bertz CT molecular complexity index is 547. The molecule has 0 bridgehead atoms. The van der Waals surface area contributed by atoms with Crippen LogP contribution in [0.4, 0.5) is 8.78 Å². The zero-order valence-electron chi connectivity index (χ0n) is 12.1. The van der Waals surface area contributed by atoms with Crippen LogP contribution in [0.1, 0.15) is 19.4 Å². The highest BCUT2D eigenvalue weighted by molar-refractivity contribution is 5.31. The van der Waals surface area contributed by atoms with Crippen molar-refractivity contribution in [3.63, 3.8) is 0 Å². The van der Waals surface area contributed by atoms with Crippen molar-refractivity contribution < 1.29 is 13.5 Å². The molecule has 0 aliphatic heterocycles. The van der Waals surface area contributed by atoms with Crippen molar-refractivity contribution in [2.45, 2.75) is 33.0 Å². The number of hydrogen-bond acceptors (Lipinski definition) is 3. The van der Waals surface area contributed by atoms with Gasteiger partial charge in [-0.2, -0.15) is 0 Å². The third-order valence-electron chi connectivity index (χ3n) is 2.93. The lowest BCUT2D eigenvalue weighted by molar-refractivity contribution is 0.269. The first-order valence-corrected chi connectivity index (χ1v) is 6.86. The molecule has 0 saturated heterocycles. The summed E-state index contributed by atoms with van der Waals surface area (Å²) in [5.41, 5.74) is 0.556. The predicted molar refractivity (Wildman–Crippen MR) is 76.1 cm³/mol. The summed E-state index contributed by atoms with van der Waals surface area (Å²) < 4.78 is 34.8. The van der Waals surface area contributed by atoms with Crippen molar-refractivity contribution in [3.05, 3.63) is 48.1 Å². The van der Waals surface area contributed by atoms with E-state index in [1.54, 1.807) is 23.3 Å². The van der Waals surface area contributed by atoms with E-state index in [1.807, 2.05) is 13.8 Å². The van der Waals surface area contributed by atoms with E-state index in [4.69, 9.17) is 4.74 Å². The smallest absolute Gasteiger partial charge is 0.190 e. The molecule has 1 aromatic carbocycles. The topological polar surface area (TPSA) is 39.1 Å². The Morgan fingerprint density at radius 2 is 2.00 bits per heavy atom. The van der Waals surface area contributed by atoms with Gasteiger partial charge in [0.15, 0.2) is 17.4 Å². The highest BCUT2D eigenvalue weighted by atomic mass is 19.1. The fraction of sp³-hybridized carbons (Fsp3) is 0.400. The molecule has 2 rings (SSSR count). The first-order chi connectivity index (χ1) is 10.1. The Hall–Kier alpha value is -1.95. The van der Waals surface area contributed by atoms with Gasteiger partial charge in [0.1, 0.15) is 6.61 Å². The SMILES string of the molecule is CC(C)NCc1cc(F)c(OCCn2ccnc2)c(F)c1. The molecule has 0 unspecified atom stereocenters. The maximum absolute atomic E-state index is 13.9. The van der Waals surface area contributed by atoms with Gasteiger partial charge >= 0.3 is 0 Å². The molecule has 0 spiro atoms. The Kier molecular flexibility index (Phi) is 5.27. The van der Waals surface area contributed by atoms with Gasteiger partial charge in [0.25, 0.3) is 0 Å². The quantitative estimate of drug-likeness (QED) is 0.853. The number of nitrogens with zero attached hydrogens (tertiary/aromatic N) is 2. The minimum atomic E-state index is -0.679. The van der Waals surface area contributed by atoms with Gasteiger partial charge in [-0.3, -0.25) is 0 Å². The summed E-state index contributed by atoms with van der Waals surface area (Å²) in [6.45, 7) is 5.02. The predicted octanol–water partition coefficient (Wildman–Crippen LogP) is 2.74. The molecule has 1 aromatic heterocycles. The largest absolute Gasteiger partial charge is 0.486 e. The molecular weight excluding hydrogens is 276 g/mol. The van der Waals surface area contributed by atoms with Gasteiger partial charge in [-0.05, 0) is 17.7 Å². The first-order valence-electron chi connectivity index (χ1n) is 6.86. The Balaban J connectivity index is 1.96. The minimum Gasteiger partial charge on any atom is -0.486 e. The monoisotopic (exact) mass is 295 g/mol. The van der Waals surface area contributed by atoms with Crippen LogP contribution < -0.4 is 10.1 Å². The summed E-state index contributed by atoms with van der Waals surface area (Å²) >= 11 is 0. The number of imidazole rings is 1. The second-order valence-corrected chi connectivity index (χ2v) is 5.07. The van der Waals surface area contributed by atoms with E-state index in [1.165, 1.54) is 12.1 Å². The van der Waals surface area contributed by atoms with Crippen LogP contribution in [-0.4, -0.2) is 22.2 Å². The van der Waals surface area contributed by atoms with Crippen LogP contribution in [0.15, 0.2) is 30.9 Å². The van der Waals surface area contributed by atoms with Crippen molar-refractivity contribution >= 4 is 0 Å². The summed E-state index contributed by atoms with van der Waals surface area (Å²) in [5.74, 6) is -1.69. The summed E-state index contributed by atoms with van der Waals surface area (Å²) in [6.07, 6.45) is 5.02. The molecule has 6 heteroatoms. The molecule has 0 atom stereocenters. The zero-order chi connectivity index (χ0) is 15.2. The molecule has 0 radical (unpaired) electrons. The van der Waals surface area contributed by atoms with E-state index < -0.39 is 11.6 Å². The van der Waals surface area contributed by atoms with E-state index in [0.717, 1.165) is 0 Å². The third-order valence-corrected chi connectivity index (χ3v) is 2.93. The second kappa shape index (κ2) is 7.17.